The first-order valence-electron chi connectivity index (χ1n) is 5.78. The van der Waals surface area contributed by atoms with Gasteiger partial charge in [-0.1, -0.05) is 13.8 Å². The second kappa shape index (κ2) is 3.81. The van der Waals surface area contributed by atoms with Crippen molar-refractivity contribution < 1.29 is 13.2 Å². The zero-order valence-corrected chi connectivity index (χ0v) is 10.7. The Balaban J connectivity index is 2.02. The van der Waals surface area contributed by atoms with Crippen LogP contribution in [0.25, 0.3) is 0 Å². The van der Waals surface area contributed by atoms with Gasteiger partial charge in [-0.15, -0.1) is 0 Å². The Kier molecular flexibility index (Phi) is 2.87. The van der Waals surface area contributed by atoms with E-state index in [1.807, 2.05) is 13.8 Å². The molecule has 0 aromatic heterocycles. The van der Waals surface area contributed by atoms with Gasteiger partial charge in [-0.05, 0) is 19.4 Å². The fraction of sp³-hybridized carbons (Fsp3) is 0.909. The molecule has 4 nitrogen and oxygen atoms in total. The molecule has 0 aliphatic carbocycles. The number of carbonyl (C=O) groups excluding carboxylic acids is 1. The molecule has 16 heavy (non-hydrogen) atoms. The highest BCUT2D eigenvalue weighted by atomic mass is 32.2. The van der Waals surface area contributed by atoms with Crippen molar-refractivity contribution in [1.82, 2.24) is 4.90 Å². The summed E-state index contributed by atoms with van der Waals surface area (Å²) in [6.07, 6.45) is 1.53. The van der Waals surface area contributed by atoms with Crippen LogP contribution in [-0.4, -0.2) is 49.7 Å². The van der Waals surface area contributed by atoms with Gasteiger partial charge < -0.3 is 0 Å². The number of nitrogens with zero attached hydrogens (tertiary/aromatic N) is 1. The topological polar surface area (TPSA) is 54.5 Å². The minimum absolute atomic E-state index is 0.0741. The van der Waals surface area contributed by atoms with Crippen molar-refractivity contribution in [2.45, 2.75) is 32.7 Å². The van der Waals surface area contributed by atoms with E-state index in [0.717, 1.165) is 13.0 Å². The molecular formula is C11H19NO3S. The van der Waals surface area contributed by atoms with E-state index in [1.165, 1.54) is 0 Å². The van der Waals surface area contributed by atoms with Gasteiger partial charge in [0, 0.05) is 11.5 Å². The quantitative estimate of drug-likeness (QED) is 0.674. The third-order valence-electron chi connectivity index (χ3n) is 3.85. The summed E-state index contributed by atoms with van der Waals surface area (Å²) in [6, 6.07) is 0.0741. The Labute approximate surface area is 96.9 Å². The van der Waals surface area contributed by atoms with Gasteiger partial charge in [-0.3, -0.25) is 9.69 Å². The summed E-state index contributed by atoms with van der Waals surface area (Å²) in [5.74, 6) is 0.759. The zero-order chi connectivity index (χ0) is 12.0. The van der Waals surface area contributed by atoms with Gasteiger partial charge >= 0.3 is 0 Å². The molecular weight excluding hydrogens is 226 g/mol. The van der Waals surface area contributed by atoms with Gasteiger partial charge in [-0.2, -0.15) is 0 Å². The number of ketones is 1. The van der Waals surface area contributed by atoms with Crippen LogP contribution in [-0.2, 0) is 14.6 Å². The van der Waals surface area contributed by atoms with Gasteiger partial charge in [0.05, 0.1) is 18.1 Å². The molecule has 0 aromatic rings. The van der Waals surface area contributed by atoms with Crippen LogP contribution in [0.15, 0.2) is 0 Å². The Bertz CT molecular complexity index is 399. The van der Waals surface area contributed by atoms with Crippen molar-refractivity contribution >= 4 is 15.6 Å². The van der Waals surface area contributed by atoms with Crippen LogP contribution in [0.2, 0.25) is 0 Å². The normalized spacial score (nSPS) is 34.1. The van der Waals surface area contributed by atoms with E-state index in [9.17, 15) is 13.2 Å². The van der Waals surface area contributed by atoms with Crippen LogP contribution >= 0.6 is 0 Å². The van der Waals surface area contributed by atoms with Gasteiger partial charge in [0.15, 0.2) is 15.6 Å². The maximum atomic E-state index is 11.9. The molecule has 2 rings (SSSR count). The first kappa shape index (κ1) is 12.0. The van der Waals surface area contributed by atoms with Crippen LogP contribution in [0.1, 0.15) is 26.7 Å². The summed E-state index contributed by atoms with van der Waals surface area (Å²) < 4.78 is 22.8. The van der Waals surface area contributed by atoms with Crippen LogP contribution in [0, 0.1) is 5.41 Å². The van der Waals surface area contributed by atoms with E-state index in [0.29, 0.717) is 13.0 Å². The van der Waals surface area contributed by atoms with Crippen molar-refractivity contribution in [2.75, 3.05) is 24.6 Å². The fourth-order valence-corrected chi connectivity index (χ4v) is 4.18. The zero-order valence-electron chi connectivity index (χ0n) is 9.90. The Morgan fingerprint density at radius 2 is 2.06 bits per heavy atom. The number of hydrogen-bond donors (Lipinski definition) is 0. The highest BCUT2D eigenvalue weighted by molar-refractivity contribution is 7.91. The number of piperidine rings is 1. The van der Waals surface area contributed by atoms with Gasteiger partial charge in [0.25, 0.3) is 0 Å². The number of Topliss-reactive ketones (excluding diaryl/α,β-unsaturated/α-hetero) is 1. The molecule has 2 aliphatic rings. The Morgan fingerprint density at radius 3 is 2.56 bits per heavy atom. The molecule has 0 amide bonds. The van der Waals surface area contributed by atoms with E-state index < -0.39 is 9.84 Å². The summed E-state index contributed by atoms with van der Waals surface area (Å²) in [4.78, 5) is 13.9. The largest absolute Gasteiger partial charge is 0.298 e. The van der Waals surface area contributed by atoms with Gasteiger partial charge in [0.1, 0.15) is 0 Å². The molecule has 0 bridgehead atoms. The molecule has 0 N–H and O–H groups in total. The van der Waals surface area contributed by atoms with Crippen molar-refractivity contribution in [3.8, 4) is 0 Å². The summed E-state index contributed by atoms with van der Waals surface area (Å²) in [5.41, 5.74) is -0.228. The number of rotatable bonds is 1. The average Bonchev–Trinajstić information content (AvgIpc) is 2.51. The van der Waals surface area contributed by atoms with Crippen LogP contribution < -0.4 is 0 Å². The second-order valence-electron chi connectivity index (χ2n) is 5.58. The van der Waals surface area contributed by atoms with E-state index >= 15 is 0 Å². The number of carbonyl (C=O) groups is 1. The molecule has 2 aliphatic heterocycles. The molecule has 0 saturated carbocycles. The highest BCUT2D eigenvalue weighted by Crippen LogP contribution is 2.29. The summed E-state index contributed by atoms with van der Waals surface area (Å²) in [6.45, 7) is 5.21. The molecule has 2 saturated heterocycles. The first-order chi connectivity index (χ1) is 7.30. The van der Waals surface area contributed by atoms with Gasteiger partial charge in [-0.25, -0.2) is 8.42 Å². The monoisotopic (exact) mass is 245 g/mol. The maximum Gasteiger partial charge on any atom is 0.152 e. The summed E-state index contributed by atoms with van der Waals surface area (Å²) >= 11 is 0. The smallest absolute Gasteiger partial charge is 0.152 e. The second-order valence-corrected chi connectivity index (χ2v) is 7.81. The number of hydrogen-bond acceptors (Lipinski definition) is 4. The van der Waals surface area contributed by atoms with Gasteiger partial charge in [0.2, 0.25) is 0 Å². The highest BCUT2D eigenvalue weighted by Gasteiger charge is 2.39. The SMILES string of the molecule is CC1(C)CCN(C2CCS(=O)(=O)C2)CC1=O. The third kappa shape index (κ3) is 2.30. The van der Waals surface area contributed by atoms with Crippen LogP contribution in [0.4, 0.5) is 0 Å². The predicted octanol–water partition coefficient (Wildman–Crippen LogP) is 0.474. The van der Waals surface area contributed by atoms with Crippen molar-refractivity contribution in [2.24, 2.45) is 5.41 Å². The summed E-state index contributed by atoms with van der Waals surface area (Å²) in [7, 11) is -2.84. The van der Waals surface area contributed by atoms with Crippen LogP contribution in [0.5, 0.6) is 0 Å². The molecule has 0 aromatic carbocycles. The van der Waals surface area contributed by atoms with Crippen LogP contribution in [0.3, 0.4) is 0 Å². The molecule has 2 heterocycles. The van der Waals surface area contributed by atoms with Crippen molar-refractivity contribution in [3.05, 3.63) is 0 Å². The third-order valence-corrected chi connectivity index (χ3v) is 5.60. The minimum atomic E-state index is -2.84. The average molecular weight is 245 g/mol. The lowest BCUT2D eigenvalue weighted by molar-refractivity contribution is -0.132. The fourth-order valence-electron chi connectivity index (χ4n) is 2.42. The molecule has 1 atom stereocenters. The molecule has 0 spiro atoms. The standard InChI is InChI=1S/C11H19NO3S/c1-11(2)4-5-12(7-10(11)13)9-3-6-16(14,15)8-9/h9H,3-8H2,1-2H3. The van der Waals surface area contributed by atoms with E-state index in [4.69, 9.17) is 0 Å². The van der Waals surface area contributed by atoms with Crippen molar-refractivity contribution in [1.29, 1.82) is 0 Å². The minimum Gasteiger partial charge on any atom is -0.298 e. The Morgan fingerprint density at radius 1 is 1.38 bits per heavy atom. The van der Waals surface area contributed by atoms with E-state index in [1.54, 1.807) is 0 Å². The molecule has 0 radical (unpaired) electrons. The lowest BCUT2D eigenvalue weighted by atomic mass is 9.81. The molecule has 5 heteroatoms. The predicted molar refractivity (Wildman–Crippen MR) is 62.0 cm³/mol. The van der Waals surface area contributed by atoms with Crippen molar-refractivity contribution in [3.63, 3.8) is 0 Å². The maximum absolute atomic E-state index is 11.9. The first-order valence-corrected chi connectivity index (χ1v) is 7.60. The number of sulfone groups is 1. The summed E-state index contributed by atoms with van der Waals surface area (Å²) in [5, 5.41) is 0. The van der Waals surface area contributed by atoms with E-state index in [2.05, 4.69) is 4.90 Å². The Hall–Kier alpha value is -0.420. The molecule has 92 valence electrons. The number of likely N-dealkylation sites (tertiary alicyclic amines) is 1. The van der Waals surface area contributed by atoms with E-state index in [-0.39, 0.29) is 28.7 Å². The molecule has 2 fully saturated rings. The lowest BCUT2D eigenvalue weighted by Crippen LogP contribution is -2.49. The molecule has 1 unspecified atom stereocenters. The lowest BCUT2D eigenvalue weighted by Gasteiger charge is -2.38.